The van der Waals surface area contributed by atoms with Crippen LogP contribution in [0.5, 0.6) is 5.75 Å². The smallest absolute Gasteiger partial charge is 0.269 e. The van der Waals surface area contributed by atoms with Crippen molar-refractivity contribution in [3.63, 3.8) is 0 Å². The number of ether oxygens (including phenoxy) is 1. The van der Waals surface area contributed by atoms with E-state index in [0.717, 1.165) is 18.5 Å². The Balaban J connectivity index is 1.55. The van der Waals surface area contributed by atoms with Crippen LogP contribution in [0.2, 0.25) is 0 Å². The van der Waals surface area contributed by atoms with Gasteiger partial charge in [-0.15, -0.1) is 11.3 Å². The van der Waals surface area contributed by atoms with Crippen molar-refractivity contribution in [2.45, 2.75) is 19.4 Å². The lowest BCUT2D eigenvalue weighted by Gasteiger charge is -2.08. The van der Waals surface area contributed by atoms with Crippen molar-refractivity contribution in [3.8, 4) is 5.75 Å². The average molecular weight is 317 g/mol. The van der Waals surface area contributed by atoms with E-state index >= 15 is 0 Å². The summed E-state index contributed by atoms with van der Waals surface area (Å²) in [5.41, 5.74) is 7.85. The maximum absolute atomic E-state index is 12.0. The second-order valence-electron chi connectivity index (χ2n) is 5.01. The molecule has 1 fully saturated rings. The van der Waals surface area contributed by atoms with E-state index in [9.17, 15) is 9.59 Å². The first kappa shape index (κ1) is 14.5. The molecule has 2 amide bonds. The molecule has 1 heterocycles. The topological polar surface area (TPSA) is 80.3 Å². The largest absolute Gasteiger partial charge is 0.487 e. The van der Waals surface area contributed by atoms with Crippen LogP contribution in [-0.2, 0) is 11.4 Å². The van der Waals surface area contributed by atoms with Crippen molar-refractivity contribution in [1.29, 1.82) is 0 Å². The number of nitrogens with one attached hydrogen (secondary N) is 2. The zero-order valence-corrected chi connectivity index (χ0v) is 12.6. The van der Waals surface area contributed by atoms with Gasteiger partial charge >= 0.3 is 0 Å². The molecule has 0 atom stereocenters. The van der Waals surface area contributed by atoms with Crippen LogP contribution in [0.15, 0.2) is 35.2 Å². The average Bonchev–Trinajstić information content (AvgIpc) is 3.27. The van der Waals surface area contributed by atoms with E-state index in [1.54, 1.807) is 29.8 Å². The molecule has 7 heteroatoms. The monoisotopic (exact) mass is 317 g/mol. The highest BCUT2D eigenvalue weighted by atomic mass is 32.1. The first-order chi connectivity index (χ1) is 10.7. The molecule has 1 aromatic heterocycles. The lowest BCUT2D eigenvalue weighted by atomic mass is 10.2. The van der Waals surface area contributed by atoms with Crippen molar-refractivity contribution in [3.05, 3.63) is 46.4 Å². The summed E-state index contributed by atoms with van der Waals surface area (Å²) in [4.78, 5) is 27.6. The Labute approximate surface area is 131 Å². The highest BCUT2D eigenvalue weighted by Gasteiger charge is 2.29. The van der Waals surface area contributed by atoms with Crippen molar-refractivity contribution in [1.82, 2.24) is 15.8 Å². The van der Waals surface area contributed by atoms with Gasteiger partial charge in [0.1, 0.15) is 12.4 Å². The summed E-state index contributed by atoms with van der Waals surface area (Å²) in [6.07, 6.45) is 1.78. The summed E-state index contributed by atoms with van der Waals surface area (Å²) in [6.45, 7) is 0.354. The number of carbonyl (C=O) groups is 2. The number of aromatic nitrogens is 1. The molecule has 2 aromatic rings. The molecule has 22 heavy (non-hydrogen) atoms. The number of nitrogens with zero attached hydrogens (tertiary/aromatic N) is 1. The minimum absolute atomic E-state index is 0.0491. The van der Waals surface area contributed by atoms with E-state index in [4.69, 9.17) is 4.74 Å². The van der Waals surface area contributed by atoms with Crippen LogP contribution in [-0.4, -0.2) is 16.8 Å². The summed E-state index contributed by atoms with van der Waals surface area (Å²) in [6, 6.07) is 6.79. The van der Waals surface area contributed by atoms with Crippen molar-refractivity contribution >= 4 is 23.2 Å². The standard InChI is InChI=1S/C15H15N3O3S/c19-14(10-4-5-10)17-18-15(20)11-2-1-3-13(6-11)21-7-12-8-22-9-16-12/h1-3,6,8-10H,4-5,7H2,(H,17,19)(H,18,20). The number of hydrogen-bond acceptors (Lipinski definition) is 5. The third kappa shape index (κ3) is 3.82. The highest BCUT2D eigenvalue weighted by molar-refractivity contribution is 7.07. The van der Waals surface area contributed by atoms with E-state index in [2.05, 4.69) is 15.8 Å². The molecule has 0 saturated heterocycles. The number of hydrogen-bond donors (Lipinski definition) is 2. The molecule has 0 aliphatic heterocycles. The lowest BCUT2D eigenvalue weighted by Crippen LogP contribution is -2.42. The molecule has 3 rings (SSSR count). The van der Waals surface area contributed by atoms with E-state index < -0.39 is 0 Å². The summed E-state index contributed by atoms with van der Waals surface area (Å²) in [5, 5.41) is 1.91. The Morgan fingerprint density at radius 2 is 2.18 bits per heavy atom. The molecule has 1 aliphatic carbocycles. The van der Waals surface area contributed by atoms with Crippen LogP contribution < -0.4 is 15.6 Å². The van der Waals surface area contributed by atoms with Gasteiger partial charge in [-0.2, -0.15) is 0 Å². The van der Waals surface area contributed by atoms with E-state index in [0.29, 0.717) is 17.9 Å². The van der Waals surface area contributed by atoms with Gasteiger partial charge in [-0.25, -0.2) is 4.98 Å². The van der Waals surface area contributed by atoms with Crippen molar-refractivity contribution < 1.29 is 14.3 Å². The lowest BCUT2D eigenvalue weighted by molar-refractivity contribution is -0.123. The van der Waals surface area contributed by atoms with E-state index in [1.807, 2.05) is 5.38 Å². The molecule has 0 spiro atoms. The van der Waals surface area contributed by atoms with Gasteiger partial charge in [-0.1, -0.05) is 6.07 Å². The molecule has 0 bridgehead atoms. The van der Waals surface area contributed by atoms with Gasteiger partial charge in [0.15, 0.2) is 0 Å². The number of hydrazine groups is 1. The molecular weight excluding hydrogens is 302 g/mol. The quantitative estimate of drug-likeness (QED) is 0.825. The van der Waals surface area contributed by atoms with Crippen LogP contribution in [0, 0.1) is 5.92 Å². The Bertz CT molecular complexity index is 668. The van der Waals surface area contributed by atoms with E-state index in [-0.39, 0.29) is 17.7 Å². The minimum atomic E-state index is -0.367. The van der Waals surface area contributed by atoms with Crippen LogP contribution in [0.3, 0.4) is 0 Å². The number of amides is 2. The predicted molar refractivity (Wildman–Crippen MR) is 81.2 cm³/mol. The third-order valence-electron chi connectivity index (χ3n) is 3.21. The fraction of sp³-hybridized carbons (Fsp3) is 0.267. The Morgan fingerprint density at radius 3 is 2.91 bits per heavy atom. The molecule has 0 radical (unpaired) electrons. The number of carbonyl (C=O) groups excluding carboxylic acids is 2. The molecule has 2 N–H and O–H groups in total. The van der Waals surface area contributed by atoms with Gasteiger partial charge in [-0.3, -0.25) is 20.4 Å². The first-order valence-electron chi connectivity index (χ1n) is 6.92. The SMILES string of the molecule is O=C(NNC(=O)C1CC1)c1cccc(OCc2cscn2)c1. The molecular formula is C15H15N3O3S. The Hall–Kier alpha value is -2.41. The summed E-state index contributed by atoms with van der Waals surface area (Å²) >= 11 is 1.50. The second kappa shape index (κ2) is 6.57. The van der Waals surface area contributed by atoms with Gasteiger partial charge in [0.25, 0.3) is 5.91 Å². The Morgan fingerprint density at radius 1 is 1.32 bits per heavy atom. The molecule has 1 saturated carbocycles. The fourth-order valence-electron chi connectivity index (χ4n) is 1.83. The summed E-state index contributed by atoms with van der Waals surface area (Å²) in [7, 11) is 0. The summed E-state index contributed by atoms with van der Waals surface area (Å²) < 4.78 is 5.59. The van der Waals surface area contributed by atoms with E-state index in [1.165, 1.54) is 11.3 Å². The van der Waals surface area contributed by atoms with Crippen molar-refractivity contribution in [2.24, 2.45) is 5.92 Å². The highest BCUT2D eigenvalue weighted by Crippen LogP contribution is 2.28. The van der Waals surface area contributed by atoms with Crippen molar-refractivity contribution in [2.75, 3.05) is 0 Å². The van der Waals surface area contributed by atoms with Crippen LogP contribution in [0.4, 0.5) is 0 Å². The fourth-order valence-corrected chi connectivity index (χ4v) is 2.37. The Kier molecular flexibility index (Phi) is 4.34. The number of thiazole rings is 1. The molecule has 1 aliphatic rings. The normalized spacial score (nSPS) is 13.5. The summed E-state index contributed by atoms with van der Waals surface area (Å²) in [5.74, 6) is 0.125. The van der Waals surface area contributed by atoms with Crippen LogP contribution >= 0.6 is 11.3 Å². The molecule has 1 aromatic carbocycles. The van der Waals surface area contributed by atoms with Gasteiger partial charge in [-0.05, 0) is 31.0 Å². The third-order valence-corrected chi connectivity index (χ3v) is 3.85. The minimum Gasteiger partial charge on any atom is -0.487 e. The maximum atomic E-state index is 12.0. The van der Waals surface area contributed by atoms with Gasteiger partial charge in [0.05, 0.1) is 11.2 Å². The maximum Gasteiger partial charge on any atom is 0.269 e. The molecule has 6 nitrogen and oxygen atoms in total. The number of benzene rings is 1. The molecule has 114 valence electrons. The van der Waals surface area contributed by atoms with Gasteiger partial charge < -0.3 is 4.74 Å². The van der Waals surface area contributed by atoms with Gasteiger partial charge in [0.2, 0.25) is 5.91 Å². The molecule has 0 unspecified atom stereocenters. The zero-order valence-electron chi connectivity index (χ0n) is 11.7. The predicted octanol–water partition coefficient (Wildman–Crippen LogP) is 1.89. The number of rotatable bonds is 5. The first-order valence-corrected chi connectivity index (χ1v) is 7.87. The van der Waals surface area contributed by atoms with Gasteiger partial charge in [0, 0.05) is 16.9 Å². The zero-order chi connectivity index (χ0) is 15.4. The van der Waals surface area contributed by atoms with Crippen LogP contribution in [0.1, 0.15) is 28.9 Å². The second-order valence-corrected chi connectivity index (χ2v) is 5.73. The van der Waals surface area contributed by atoms with Crippen LogP contribution in [0.25, 0.3) is 0 Å².